The molecule has 26 heavy (non-hydrogen) atoms. The van der Waals surface area contributed by atoms with E-state index in [0.29, 0.717) is 38.1 Å². The van der Waals surface area contributed by atoms with Crippen molar-refractivity contribution in [2.45, 2.75) is 72.1 Å². The smallest absolute Gasteiger partial charge is 0.226 e. The lowest BCUT2D eigenvalue weighted by Gasteiger charge is -2.46. The van der Waals surface area contributed by atoms with Crippen LogP contribution in [0.1, 0.15) is 48.5 Å². The van der Waals surface area contributed by atoms with Crippen LogP contribution in [0.4, 0.5) is 0 Å². The average molecular weight is 367 g/mol. The fraction of sp³-hybridized carbons (Fsp3) is 0.789. The first kappa shape index (κ1) is 21.0. The normalized spacial score (nSPS) is 24.2. The molecule has 2 heterocycles. The lowest BCUT2D eigenvalue weighted by atomic mass is 10.1. The minimum atomic E-state index is -0.584. The van der Waals surface area contributed by atoms with Gasteiger partial charge in [-0.1, -0.05) is 6.58 Å². The Morgan fingerprint density at radius 1 is 0.808 bits per heavy atom. The molecule has 7 nitrogen and oxygen atoms in total. The van der Waals surface area contributed by atoms with Crippen LogP contribution < -0.4 is 0 Å². The zero-order valence-electron chi connectivity index (χ0n) is 17.2. The van der Waals surface area contributed by atoms with E-state index in [2.05, 4.69) is 21.5 Å². The summed E-state index contributed by atoms with van der Waals surface area (Å²) in [5.41, 5.74) is 1.59. The molecule has 0 aliphatic carbocycles. The highest BCUT2D eigenvalue weighted by molar-refractivity contribution is 5.95. The Morgan fingerprint density at radius 2 is 1.19 bits per heavy atom. The van der Waals surface area contributed by atoms with Gasteiger partial charge in [0.15, 0.2) is 11.6 Å². The first-order valence-electron chi connectivity index (χ1n) is 9.09. The fourth-order valence-electron chi connectivity index (χ4n) is 2.82. The van der Waals surface area contributed by atoms with Crippen molar-refractivity contribution in [3.05, 3.63) is 12.3 Å². The maximum atomic E-state index is 5.88. The molecular weight excluding hydrogens is 334 g/mol. The van der Waals surface area contributed by atoms with Crippen LogP contribution in [0.15, 0.2) is 22.3 Å². The van der Waals surface area contributed by atoms with Gasteiger partial charge >= 0.3 is 0 Å². The third kappa shape index (κ3) is 5.87. The van der Waals surface area contributed by atoms with E-state index in [0.717, 1.165) is 5.71 Å². The monoisotopic (exact) mass is 367 g/mol. The molecular formula is C19H33N3O4. The SMILES string of the molecule is C=C(C)N=C(N=C(C)C)N(C1COC(C)(C)OC1)C1COC(C)(C)OC1. The summed E-state index contributed by atoms with van der Waals surface area (Å²) in [6, 6.07) is -0.0784. The third-order valence-electron chi connectivity index (χ3n) is 4.13. The number of guanidine groups is 1. The molecule has 0 radical (unpaired) electrons. The lowest BCUT2D eigenvalue weighted by Crippen LogP contribution is -2.60. The Morgan fingerprint density at radius 3 is 1.50 bits per heavy atom. The van der Waals surface area contributed by atoms with Gasteiger partial charge < -0.3 is 23.8 Å². The molecule has 0 amide bonds. The van der Waals surface area contributed by atoms with Gasteiger partial charge in [0.05, 0.1) is 38.5 Å². The summed E-state index contributed by atoms with van der Waals surface area (Å²) in [6.07, 6.45) is 0. The predicted molar refractivity (Wildman–Crippen MR) is 102 cm³/mol. The van der Waals surface area contributed by atoms with E-state index >= 15 is 0 Å². The largest absolute Gasteiger partial charge is 0.348 e. The molecule has 0 aromatic carbocycles. The summed E-state index contributed by atoms with van der Waals surface area (Å²) in [6.45, 7) is 19.4. The molecule has 0 N–H and O–H groups in total. The number of allylic oxidation sites excluding steroid dienone is 1. The molecule has 0 aromatic rings. The van der Waals surface area contributed by atoms with Crippen LogP contribution in [-0.2, 0) is 18.9 Å². The van der Waals surface area contributed by atoms with E-state index in [1.54, 1.807) is 0 Å². The molecule has 0 unspecified atom stereocenters. The first-order valence-corrected chi connectivity index (χ1v) is 9.09. The van der Waals surface area contributed by atoms with Crippen molar-refractivity contribution in [1.29, 1.82) is 0 Å². The molecule has 148 valence electrons. The summed E-state index contributed by atoms with van der Waals surface area (Å²) < 4.78 is 23.5. The van der Waals surface area contributed by atoms with E-state index in [9.17, 15) is 0 Å². The summed E-state index contributed by atoms with van der Waals surface area (Å²) >= 11 is 0. The van der Waals surface area contributed by atoms with Crippen LogP contribution in [0.2, 0.25) is 0 Å². The molecule has 2 aliphatic heterocycles. The van der Waals surface area contributed by atoms with Crippen LogP contribution in [-0.4, -0.2) is 66.7 Å². The average Bonchev–Trinajstić information content (AvgIpc) is 2.49. The van der Waals surface area contributed by atoms with E-state index in [-0.39, 0.29) is 12.1 Å². The fourth-order valence-corrected chi connectivity index (χ4v) is 2.82. The number of ether oxygens (including phenoxy) is 4. The molecule has 0 spiro atoms. The van der Waals surface area contributed by atoms with Crippen molar-refractivity contribution in [3.63, 3.8) is 0 Å². The number of nitrogens with zero attached hydrogens (tertiary/aromatic N) is 3. The topological polar surface area (TPSA) is 64.9 Å². The van der Waals surface area contributed by atoms with Crippen molar-refractivity contribution in [1.82, 2.24) is 4.90 Å². The Labute approximate surface area is 157 Å². The predicted octanol–water partition coefficient (Wildman–Crippen LogP) is 2.96. The maximum absolute atomic E-state index is 5.88. The standard InChI is InChI=1S/C19H33N3O4/c1-13(2)20-17(21-14(3)4)22(15-9-23-18(5,6)24-10-15)16-11-25-19(7,8)26-12-16/h15-16H,1,9-12H2,2-8H3. The maximum Gasteiger partial charge on any atom is 0.226 e. The molecule has 0 aromatic heterocycles. The second-order valence-electron chi connectivity index (χ2n) is 7.96. The summed E-state index contributed by atoms with van der Waals surface area (Å²) in [7, 11) is 0. The highest BCUT2D eigenvalue weighted by atomic mass is 16.7. The van der Waals surface area contributed by atoms with Gasteiger partial charge in [-0.3, -0.25) is 0 Å². The molecule has 2 rings (SSSR count). The number of hydrogen-bond acceptors (Lipinski definition) is 5. The Bertz CT molecular complexity index is 531. The van der Waals surface area contributed by atoms with Gasteiger partial charge in [0, 0.05) is 11.4 Å². The van der Waals surface area contributed by atoms with Crippen LogP contribution in [0.25, 0.3) is 0 Å². The molecule has 7 heteroatoms. The molecule has 2 fully saturated rings. The van der Waals surface area contributed by atoms with Crippen LogP contribution in [0.5, 0.6) is 0 Å². The summed E-state index contributed by atoms with van der Waals surface area (Å²) in [5, 5.41) is 0. The van der Waals surface area contributed by atoms with Gasteiger partial charge in [0.2, 0.25) is 5.96 Å². The van der Waals surface area contributed by atoms with Gasteiger partial charge in [-0.25, -0.2) is 9.98 Å². The molecule has 0 bridgehead atoms. The highest BCUT2D eigenvalue weighted by Gasteiger charge is 2.39. The van der Waals surface area contributed by atoms with E-state index in [1.807, 2.05) is 48.5 Å². The second-order valence-corrected chi connectivity index (χ2v) is 7.96. The van der Waals surface area contributed by atoms with Crippen molar-refractivity contribution in [2.24, 2.45) is 9.98 Å². The van der Waals surface area contributed by atoms with Crippen molar-refractivity contribution in [2.75, 3.05) is 26.4 Å². The van der Waals surface area contributed by atoms with Crippen LogP contribution >= 0.6 is 0 Å². The quantitative estimate of drug-likeness (QED) is 0.567. The van der Waals surface area contributed by atoms with Gasteiger partial charge in [-0.05, 0) is 48.5 Å². The van der Waals surface area contributed by atoms with E-state index < -0.39 is 11.6 Å². The second kappa shape index (κ2) is 8.17. The number of aliphatic imine (C=N–C) groups is 2. The van der Waals surface area contributed by atoms with Gasteiger partial charge in [-0.2, -0.15) is 0 Å². The Balaban J connectivity index is 2.31. The minimum Gasteiger partial charge on any atom is -0.348 e. The zero-order chi connectivity index (χ0) is 19.5. The van der Waals surface area contributed by atoms with Gasteiger partial charge in [0.25, 0.3) is 0 Å². The number of rotatable bonds is 3. The van der Waals surface area contributed by atoms with Crippen LogP contribution in [0.3, 0.4) is 0 Å². The summed E-state index contributed by atoms with van der Waals surface area (Å²) in [4.78, 5) is 11.3. The Hall–Kier alpha value is -1.28. The molecule has 0 atom stereocenters. The van der Waals surface area contributed by atoms with Crippen LogP contribution in [0, 0.1) is 0 Å². The van der Waals surface area contributed by atoms with Crippen molar-refractivity contribution in [3.8, 4) is 0 Å². The Kier molecular flexibility index (Phi) is 6.60. The lowest BCUT2D eigenvalue weighted by molar-refractivity contribution is -0.280. The molecule has 2 aliphatic rings. The van der Waals surface area contributed by atoms with E-state index in [4.69, 9.17) is 18.9 Å². The van der Waals surface area contributed by atoms with Crippen molar-refractivity contribution < 1.29 is 18.9 Å². The number of hydrogen-bond donors (Lipinski definition) is 0. The highest BCUT2D eigenvalue weighted by Crippen LogP contribution is 2.26. The zero-order valence-corrected chi connectivity index (χ0v) is 17.2. The van der Waals surface area contributed by atoms with E-state index in [1.165, 1.54) is 0 Å². The first-order chi connectivity index (χ1) is 12.0. The van der Waals surface area contributed by atoms with Gasteiger partial charge in [-0.15, -0.1) is 0 Å². The molecule has 2 saturated heterocycles. The minimum absolute atomic E-state index is 0.0392. The van der Waals surface area contributed by atoms with Gasteiger partial charge in [0.1, 0.15) is 0 Å². The third-order valence-corrected chi connectivity index (χ3v) is 4.13. The van der Waals surface area contributed by atoms with Crippen molar-refractivity contribution >= 4 is 11.7 Å². The summed E-state index contributed by atoms with van der Waals surface area (Å²) in [5.74, 6) is -0.579. The molecule has 0 saturated carbocycles.